The number of unbranched alkanes of at least 4 members (excludes halogenated alkanes) is 1. The van der Waals surface area contributed by atoms with Gasteiger partial charge in [0.05, 0.1) is 5.56 Å². The van der Waals surface area contributed by atoms with Crippen LogP contribution in [0.3, 0.4) is 0 Å². The molecule has 0 fully saturated rings. The molecule has 72 valence electrons. The Morgan fingerprint density at radius 2 is 1.77 bits per heavy atom. The fourth-order valence-electron chi connectivity index (χ4n) is 0.587. The summed E-state index contributed by atoms with van der Waals surface area (Å²) in [5.74, 6) is 0.0347. The van der Waals surface area contributed by atoms with Crippen LogP contribution in [0.2, 0.25) is 0 Å². The van der Waals surface area contributed by atoms with Gasteiger partial charge >= 0.3 is 0 Å². The number of benzene rings is 1. The summed E-state index contributed by atoms with van der Waals surface area (Å²) in [7, 11) is 0. The Morgan fingerprint density at radius 1 is 1.23 bits per heavy atom. The van der Waals surface area contributed by atoms with Crippen molar-refractivity contribution in [3.05, 3.63) is 29.8 Å². The van der Waals surface area contributed by atoms with Crippen LogP contribution in [0.5, 0.6) is 5.75 Å². The third-order valence-corrected chi connectivity index (χ3v) is 1.56. The highest BCUT2D eigenvalue weighted by Gasteiger charge is 1.93. The second-order valence-electron chi connectivity index (χ2n) is 2.68. The van der Waals surface area contributed by atoms with Gasteiger partial charge in [-0.1, -0.05) is 38.8 Å². The quantitative estimate of drug-likeness (QED) is 0.710. The van der Waals surface area contributed by atoms with E-state index in [0.717, 1.165) is 0 Å². The van der Waals surface area contributed by atoms with Gasteiger partial charge < -0.3 is 5.11 Å². The van der Waals surface area contributed by atoms with E-state index in [4.69, 9.17) is 5.11 Å². The monoisotopic (exact) mass is 180 g/mol. The highest BCUT2D eigenvalue weighted by Crippen LogP contribution is 2.11. The Morgan fingerprint density at radius 3 is 2.08 bits per heavy atom. The Balaban J connectivity index is 0.000000310. The van der Waals surface area contributed by atoms with Crippen molar-refractivity contribution in [3.63, 3.8) is 0 Å². The van der Waals surface area contributed by atoms with E-state index >= 15 is 0 Å². The third kappa shape index (κ3) is 5.01. The molecule has 0 heterocycles. The molecule has 1 rings (SSSR count). The molecular weight excluding hydrogens is 164 g/mol. The molecule has 1 aromatic rings. The van der Waals surface area contributed by atoms with Crippen molar-refractivity contribution in [3.8, 4) is 5.75 Å². The Labute approximate surface area is 79.2 Å². The van der Waals surface area contributed by atoms with E-state index in [0.29, 0.717) is 11.8 Å². The van der Waals surface area contributed by atoms with Crippen molar-refractivity contribution >= 4 is 6.29 Å². The number of carbonyl (C=O) groups is 1. The summed E-state index contributed by atoms with van der Waals surface area (Å²) < 4.78 is 0. The highest BCUT2D eigenvalue weighted by atomic mass is 16.3. The van der Waals surface area contributed by atoms with Crippen LogP contribution < -0.4 is 0 Å². The molecule has 0 aromatic heterocycles. The van der Waals surface area contributed by atoms with E-state index in [2.05, 4.69) is 13.8 Å². The highest BCUT2D eigenvalue weighted by molar-refractivity contribution is 5.78. The zero-order valence-corrected chi connectivity index (χ0v) is 8.16. The number of phenols is 1. The normalized spacial score (nSPS) is 8.46. The summed E-state index contributed by atoms with van der Waals surface area (Å²) in [6, 6.07) is 6.40. The van der Waals surface area contributed by atoms with Gasteiger partial charge in [0.2, 0.25) is 0 Å². The average molecular weight is 180 g/mol. The van der Waals surface area contributed by atoms with E-state index in [9.17, 15) is 4.79 Å². The van der Waals surface area contributed by atoms with Crippen LogP contribution in [0.25, 0.3) is 0 Å². The van der Waals surface area contributed by atoms with Gasteiger partial charge in [-0.15, -0.1) is 0 Å². The van der Waals surface area contributed by atoms with E-state index in [1.807, 2.05) is 0 Å². The number of hydrogen-bond acceptors (Lipinski definition) is 2. The zero-order valence-electron chi connectivity index (χ0n) is 8.16. The molecule has 0 spiro atoms. The lowest BCUT2D eigenvalue weighted by atomic mass is 10.2. The molecule has 2 heteroatoms. The molecule has 1 N–H and O–H groups in total. The summed E-state index contributed by atoms with van der Waals surface area (Å²) >= 11 is 0. The maximum absolute atomic E-state index is 10.1. The van der Waals surface area contributed by atoms with Crippen LogP contribution >= 0.6 is 0 Å². The lowest BCUT2D eigenvalue weighted by Crippen LogP contribution is -1.77. The molecule has 0 amide bonds. The third-order valence-electron chi connectivity index (χ3n) is 1.56. The largest absolute Gasteiger partial charge is 0.507 e. The summed E-state index contributed by atoms with van der Waals surface area (Å²) in [4.78, 5) is 10.1. The number of rotatable bonds is 2. The van der Waals surface area contributed by atoms with Crippen molar-refractivity contribution in [1.29, 1.82) is 0 Å². The van der Waals surface area contributed by atoms with Crippen LogP contribution in [0, 0.1) is 0 Å². The molecule has 0 aliphatic heterocycles. The van der Waals surface area contributed by atoms with Crippen molar-refractivity contribution in [1.82, 2.24) is 0 Å². The van der Waals surface area contributed by atoms with Crippen molar-refractivity contribution in [2.24, 2.45) is 0 Å². The summed E-state index contributed by atoms with van der Waals surface area (Å²) in [5, 5.41) is 8.88. The first-order valence-corrected chi connectivity index (χ1v) is 4.49. The van der Waals surface area contributed by atoms with Crippen molar-refractivity contribution in [2.45, 2.75) is 26.7 Å². The van der Waals surface area contributed by atoms with Gasteiger partial charge in [-0.2, -0.15) is 0 Å². The first-order chi connectivity index (χ1) is 6.26. The number of phenolic OH excluding ortho intramolecular Hbond substituents is 1. The van der Waals surface area contributed by atoms with E-state index in [1.165, 1.54) is 18.9 Å². The van der Waals surface area contributed by atoms with Crippen LogP contribution in [-0.4, -0.2) is 11.4 Å². The summed E-state index contributed by atoms with van der Waals surface area (Å²) in [6.45, 7) is 4.36. The zero-order chi connectivity index (χ0) is 10.1. The van der Waals surface area contributed by atoms with Crippen LogP contribution in [-0.2, 0) is 0 Å². The number of para-hydroxylation sites is 1. The fraction of sp³-hybridized carbons (Fsp3) is 0.364. The standard InChI is InChI=1S/C7H6O2.C4H10/c8-5-6-3-1-2-4-7(6)9;1-3-4-2/h1-5,9H;3-4H2,1-2H3. The molecule has 0 unspecified atom stereocenters. The molecule has 0 radical (unpaired) electrons. The molecule has 0 saturated carbocycles. The van der Waals surface area contributed by atoms with Gasteiger partial charge in [0, 0.05) is 0 Å². The summed E-state index contributed by atoms with van der Waals surface area (Å²) in [6.07, 6.45) is 3.26. The first-order valence-electron chi connectivity index (χ1n) is 4.49. The molecule has 0 atom stereocenters. The first kappa shape index (κ1) is 11.7. The predicted molar refractivity (Wildman–Crippen MR) is 54.1 cm³/mol. The predicted octanol–water partition coefficient (Wildman–Crippen LogP) is 3.01. The Hall–Kier alpha value is -1.31. The Kier molecular flexibility index (Phi) is 6.60. The van der Waals surface area contributed by atoms with E-state index in [-0.39, 0.29) is 5.75 Å². The maximum atomic E-state index is 10.1. The Bertz CT molecular complexity index is 242. The van der Waals surface area contributed by atoms with Crippen molar-refractivity contribution < 1.29 is 9.90 Å². The van der Waals surface area contributed by atoms with Gasteiger partial charge in [-0.3, -0.25) is 4.79 Å². The number of hydrogen-bond donors (Lipinski definition) is 1. The topological polar surface area (TPSA) is 37.3 Å². The second kappa shape index (κ2) is 7.35. The molecule has 13 heavy (non-hydrogen) atoms. The number of aromatic hydroxyl groups is 1. The molecule has 0 aliphatic rings. The van der Waals surface area contributed by atoms with Gasteiger partial charge in [0.25, 0.3) is 0 Å². The van der Waals surface area contributed by atoms with Gasteiger partial charge in [0.1, 0.15) is 5.75 Å². The minimum atomic E-state index is 0.0347. The van der Waals surface area contributed by atoms with Crippen molar-refractivity contribution in [2.75, 3.05) is 0 Å². The number of aldehydes is 1. The van der Waals surface area contributed by atoms with E-state index in [1.54, 1.807) is 18.2 Å². The maximum Gasteiger partial charge on any atom is 0.153 e. The number of carbonyl (C=O) groups excluding carboxylic acids is 1. The summed E-state index contributed by atoms with van der Waals surface area (Å²) in [5.41, 5.74) is 0.331. The molecule has 1 aromatic carbocycles. The van der Waals surface area contributed by atoms with Crippen LogP contribution in [0.1, 0.15) is 37.0 Å². The van der Waals surface area contributed by atoms with E-state index < -0.39 is 0 Å². The molecule has 2 nitrogen and oxygen atoms in total. The van der Waals surface area contributed by atoms with Gasteiger partial charge in [-0.05, 0) is 12.1 Å². The van der Waals surface area contributed by atoms with Gasteiger partial charge in [-0.25, -0.2) is 0 Å². The van der Waals surface area contributed by atoms with Gasteiger partial charge in [0.15, 0.2) is 6.29 Å². The van der Waals surface area contributed by atoms with Crippen LogP contribution in [0.4, 0.5) is 0 Å². The smallest absolute Gasteiger partial charge is 0.153 e. The SMILES string of the molecule is CCCC.O=Cc1ccccc1O. The average Bonchev–Trinajstić information content (AvgIpc) is 2.19. The fourth-order valence-corrected chi connectivity index (χ4v) is 0.587. The molecule has 0 bridgehead atoms. The lowest BCUT2D eigenvalue weighted by molar-refractivity contribution is 0.112. The lowest BCUT2D eigenvalue weighted by Gasteiger charge is -1.91. The molecule has 0 aliphatic carbocycles. The second-order valence-corrected chi connectivity index (χ2v) is 2.68. The minimum absolute atomic E-state index is 0.0347. The van der Waals surface area contributed by atoms with Crippen LogP contribution in [0.15, 0.2) is 24.3 Å². The minimum Gasteiger partial charge on any atom is -0.507 e. The molecule has 0 saturated heterocycles. The molecular formula is C11H16O2.